The summed E-state index contributed by atoms with van der Waals surface area (Å²) >= 11 is 0. The first-order valence-electron chi connectivity index (χ1n) is 26.0. The van der Waals surface area contributed by atoms with E-state index < -0.39 is 49.5 Å². The lowest BCUT2D eigenvalue weighted by Crippen LogP contribution is -2.60. The van der Waals surface area contributed by atoms with Gasteiger partial charge in [0.05, 0.1) is 25.4 Å². The Morgan fingerprint density at radius 3 is 1.48 bits per heavy atom. The minimum atomic E-state index is -1.59. The number of hydrogen-bond acceptors (Lipinski definition) is 8. The van der Waals surface area contributed by atoms with Crippen LogP contribution in [0.5, 0.6) is 0 Å². The van der Waals surface area contributed by atoms with Crippen LogP contribution in [0.4, 0.5) is 0 Å². The zero-order chi connectivity index (χ0) is 47.3. The molecule has 0 spiro atoms. The first kappa shape index (κ1) is 60.1. The number of allylic oxidation sites excluding steroid dienone is 15. The smallest absolute Gasteiger partial charge is 0.220 e. The van der Waals surface area contributed by atoms with Crippen LogP contribution in [0.1, 0.15) is 194 Å². The number of carbonyl (C=O) groups is 1. The van der Waals surface area contributed by atoms with Gasteiger partial charge in [-0.3, -0.25) is 4.79 Å². The van der Waals surface area contributed by atoms with Crippen molar-refractivity contribution in [2.45, 2.75) is 236 Å². The molecular formula is C56H95NO8. The molecule has 0 aromatic heterocycles. The van der Waals surface area contributed by atoms with Gasteiger partial charge in [-0.1, -0.05) is 201 Å². The second-order valence-electron chi connectivity index (χ2n) is 17.6. The summed E-state index contributed by atoms with van der Waals surface area (Å²) < 4.78 is 11.2. The minimum absolute atomic E-state index is 0.225. The third-order valence-electron chi connectivity index (χ3n) is 11.6. The number of rotatable bonds is 42. The highest BCUT2D eigenvalue weighted by Crippen LogP contribution is 2.22. The van der Waals surface area contributed by atoms with Crippen molar-refractivity contribution in [3.8, 4) is 0 Å². The highest BCUT2D eigenvalue weighted by molar-refractivity contribution is 5.76. The van der Waals surface area contributed by atoms with Gasteiger partial charge in [-0.15, -0.1) is 0 Å². The van der Waals surface area contributed by atoms with Crippen molar-refractivity contribution in [2.24, 2.45) is 0 Å². The van der Waals surface area contributed by atoms with Gasteiger partial charge in [0.25, 0.3) is 0 Å². The Kier molecular flexibility index (Phi) is 41.6. The summed E-state index contributed by atoms with van der Waals surface area (Å²) in [5.74, 6) is -0.232. The molecule has 9 nitrogen and oxygen atoms in total. The fourth-order valence-corrected chi connectivity index (χ4v) is 7.53. The van der Waals surface area contributed by atoms with Crippen LogP contribution < -0.4 is 5.32 Å². The van der Waals surface area contributed by atoms with Crippen molar-refractivity contribution in [1.29, 1.82) is 0 Å². The quantitative estimate of drug-likeness (QED) is 0.0262. The van der Waals surface area contributed by atoms with Gasteiger partial charge in [0.15, 0.2) is 6.29 Å². The van der Waals surface area contributed by atoms with Gasteiger partial charge in [0.1, 0.15) is 24.4 Å². The molecule has 1 heterocycles. The lowest BCUT2D eigenvalue weighted by molar-refractivity contribution is -0.302. The molecular weight excluding hydrogens is 815 g/mol. The Balaban J connectivity index is 2.37. The monoisotopic (exact) mass is 910 g/mol. The molecule has 0 aromatic carbocycles. The molecule has 1 saturated heterocycles. The van der Waals surface area contributed by atoms with E-state index in [1.54, 1.807) is 6.08 Å². The molecule has 65 heavy (non-hydrogen) atoms. The summed E-state index contributed by atoms with van der Waals surface area (Å²) in [4.78, 5) is 13.0. The van der Waals surface area contributed by atoms with Crippen LogP contribution in [-0.4, -0.2) is 87.5 Å². The van der Waals surface area contributed by atoms with Gasteiger partial charge in [-0.05, 0) is 83.5 Å². The van der Waals surface area contributed by atoms with Crippen LogP contribution in [0.15, 0.2) is 97.2 Å². The van der Waals surface area contributed by atoms with E-state index in [0.717, 1.165) is 70.6 Å². The molecule has 1 rings (SSSR count). The number of aliphatic hydroxyl groups excluding tert-OH is 5. The molecule has 0 aliphatic carbocycles. The number of nitrogens with one attached hydrogen (secondary N) is 1. The van der Waals surface area contributed by atoms with Crippen molar-refractivity contribution in [3.05, 3.63) is 97.2 Å². The lowest BCUT2D eigenvalue weighted by Gasteiger charge is -2.40. The molecule has 1 aliphatic heterocycles. The Labute approximate surface area is 396 Å². The third-order valence-corrected chi connectivity index (χ3v) is 11.6. The molecule has 0 saturated carbocycles. The maximum atomic E-state index is 13.0. The Bertz CT molecular complexity index is 1330. The predicted molar refractivity (Wildman–Crippen MR) is 271 cm³/mol. The van der Waals surface area contributed by atoms with Crippen molar-refractivity contribution in [2.75, 3.05) is 13.2 Å². The van der Waals surface area contributed by atoms with Crippen molar-refractivity contribution < 1.29 is 39.8 Å². The normalized spacial score (nSPS) is 20.8. The number of amides is 1. The minimum Gasteiger partial charge on any atom is -0.394 e. The number of unbranched alkanes of at least 4 members (excludes halogenated alkanes) is 18. The Morgan fingerprint density at radius 1 is 0.538 bits per heavy atom. The van der Waals surface area contributed by atoms with Crippen LogP contribution in [0.3, 0.4) is 0 Å². The molecule has 7 atom stereocenters. The lowest BCUT2D eigenvalue weighted by atomic mass is 9.99. The second-order valence-corrected chi connectivity index (χ2v) is 17.6. The zero-order valence-corrected chi connectivity index (χ0v) is 41.0. The molecule has 372 valence electrons. The second kappa shape index (κ2) is 44.9. The summed E-state index contributed by atoms with van der Waals surface area (Å²) in [6, 6.07) is -0.852. The van der Waals surface area contributed by atoms with E-state index in [2.05, 4.69) is 104 Å². The predicted octanol–water partition coefficient (Wildman–Crippen LogP) is 12.1. The summed E-state index contributed by atoms with van der Waals surface area (Å²) in [5, 5.41) is 54.3. The average Bonchev–Trinajstić information content (AvgIpc) is 3.31. The van der Waals surface area contributed by atoms with Crippen molar-refractivity contribution in [3.63, 3.8) is 0 Å². The average molecular weight is 910 g/mol. The zero-order valence-electron chi connectivity index (χ0n) is 41.0. The van der Waals surface area contributed by atoms with Gasteiger partial charge >= 0.3 is 0 Å². The molecule has 1 amide bonds. The van der Waals surface area contributed by atoms with E-state index in [0.29, 0.717) is 6.42 Å². The van der Waals surface area contributed by atoms with Gasteiger partial charge in [0.2, 0.25) is 5.91 Å². The Morgan fingerprint density at radius 2 is 0.969 bits per heavy atom. The maximum absolute atomic E-state index is 13.0. The molecule has 9 heteroatoms. The highest BCUT2D eigenvalue weighted by atomic mass is 16.7. The maximum Gasteiger partial charge on any atom is 0.220 e. The molecule has 6 N–H and O–H groups in total. The van der Waals surface area contributed by atoms with Crippen LogP contribution in [0.2, 0.25) is 0 Å². The van der Waals surface area contributed by atoms with Gasteiger partial charge in [-0.2, -0.15) is 0 Å². The molecule has 7 unspecified atom stereocenters. The summed E-state index contributed by atoms with van der Waals surface area (Å²) in [6.45, 7) is 3.62. The molecule has 0 bridgehead atoms. The first-order valence-corrected chi connectivity index (χ1v) is 26.0. The molecule has 1 fully saturated rings. The fourth-order valence-electron chi connectivity index (χ4n) is 7.53. The topological polar surface area (TPSA) is 149 Å². The first-order chi connectivity index (χ1) is 31.8. The van der Waals surface area contributed by atoms with E-state index in [1.807, 2.05) is 6.08 Å². The van der Waals surface area contributed by atoms with Crippen LogP contribution >= 0.6 is 0 Å². The number of hydrogen-bond donors (Lipinski definition) is 6. The fraction of sp³-hybridized carbons (Fsp3) is 0.696. The van der Waals surface area contributed by atoms with Gasteiger partial charge in [-0.25, -0.2) is 0 Å². The van der Waals surface area contributed by atoms with E-state index in [4.69, 9.17) is 9.47 Å². The van der Waals surface area contributed by atoms with E-state index in [-0.39, 0.29) is 18.9 Å². The third kappa shape index (κ3) is 35.0. The van der Waals surface area contributed by atoms with E-state index >= 15 is 0 Å². The number of carbonyl (C=O) groups excluding carboxylic acids is 1. The standard InChI is InChI=1S/C56H95NO8/c1-3-5-7-9-11-13-15-17-19-21-23-25-27-29-31-33-35-37-39-41-43-45-50(59)49(48-64-56-55(63)54(62)53(61)51(47-58)65-56)57-52(60)46-44-42-40-38-36-34-32-30-28-26-24-22-20-18-16-14-12-10-8-6-4-2/h6,8,12,14,18,20,24,26,30,32,35-38,43,45,49-51,53-56,58-59,61-63H,3-5,7,9-11,13,15-17,19,21-23,25,27-29,31,33-34,39-42,44,46-48H2,1-2H3,(H,57,60)/b8-6-,14-12-,20-18-,26-24-,32-30-,37-35+,38-36-,45-43+. The van der Waals surface area contributed by atoms with E-state index in [1.165, 1.54) is 96.3 Å². The summed E-state index contributed by atoms with van der Waals surface area (Å²) in [7, 11) is 0. The van der Waals surface area contributed by atoms with Crippen LogP contribution in [-0.2, 0) is 14.3 Å². The van der Waals surface area contributed by atoms with Crippen molar-refractivity contribution >= 4 is 5.91 Å². The van der Waals surface area contributed by atoms with Gasteiger partial charge in [0, 0.05) is 6.42 Å². The van der Waals surface area contributed by atoms with Crippen LogP contribution in [0, 0.1) is 0 Å². The SMILES string of the molecule is CC/C=C\C/C=C\C/C=C\C/C=C\C/C=C\C/C=C\CCCCC(=O)NC(COC1OC(CO)C(O)C(O)C1O)C(O)/C=C/CC/C=C/CCCCCCCCCCCCCCCCC. The number of aliphatic hydroxyl groups is 5. The Hall–Kier alpha value is -2.89. The highest BCUT2D eigenvalue weighted by Gasteiger charge is 2.44. The number of ether oxygens (including phenoxy) is 2. The van der Waals surface area contributed by atoms with E-state index in [9.17, 15) is 30.3 Å². The summed E-state index contributed by atoms with van der Waals surface area (Å²) in [6.07, 6.45) is 57.4. The molecule has 0 radical (unpaired) electrons. The summed E-state index contributed by atoms with van der Waals surface area (Å²) in [5.41, 5.74) is 0. The molecule has 0 aromatic rings. The largest absolute Gasteiger partial charge is 0.394 e. The van der Waals surface area contributed by atoms with Gasteiger partial charge < -0.3 is 40.3 Å². The van der Waals surface area contributed by atoms with Crippen LogP contribution in [0.25, 0.3) is 0 Å². The van der Waals surface area contributed by atoms with Crippen molar-refractivity contribution in [1.82, 2.24) is 5.32 Å². The molecule has 1 aliphatic rings.